The Kier molecular flexibility index (Phi) is 3.75. The molecule has 0 radical (unpaired) electrons. The number of ether oxygens (including phenoxy) is 1. The first-order chi connectivity index (χ1) is 8.19. The molecule has 2 rings (SSSR count). The lowest BCUT2D eigenvalue weighted by molar-refractivity contribution is 0.246. The second-order valence-corrected chi connectivity index (χ2v) is 4.21. The Morgan fingerprint density at radius 2 is 2.24 bits per heavy atom. The predicted molar refractivity (Wildman–Crippen MR) is 62.8 cm³/mol. The van der Waals surface area contributed by atoms with Gasteiger partial charge in [-0.3, -0.25) is 0 Å². The molecule has 1 aromatic heterocycles. The first kappa shape index (κ1) is 12.1. The molecule has 17 heavy (non-hydrogen) atoms. The smallest absolute Gasteiger partial charge is 0.174 e. The van der Waals surface area contributed by atoms with E-state index in [1.54, 1.807) is 12.1 Å². The molecule has 0 aliphatic heterocycles. The average molecular weight is 301 g/mol. The lowest BCUT2D eigenvalue weighted by Gasteiger charge is -2.05. The Balaban J connectivity index is 2.04. The largest absolute Gasteiger partial charge is 0.484 e. The van der Waals surface area contributed by atoms with Gasteiger partial charge in [-0.2, -0.15) is 0 Å². The van der Waals surface area contributed by atoms with E-state index < -0.39 is 0 Å². The molecule has 0 aliphatic carbocycles. The van der Waals surface area contributed by atoms with Crippen molar-refractivity contribution in [2.45, 2.75) is 13.2 Å². The number of nitrogens with two attached hydrogens (primary N) is 1. The molecule has 4 nitrogen and oxygen atoms in total. The molecular weight excluding hydrogens is 291 g/mol. The van der Waals surface area contributed by atoms with E-state index in [4.69, 9.17) is 15.0 Å². The summed E-state index contributed by atoms with van der Waals surface area (Å²) in [4.78, 5) is 0. The van der Waals surface area contributed by atoms with Crippen molar-refractivity contribution in [2.24, 2.45) is 5.73 Å². The molecule has 0 atom stereocenters. The third kappa shape index (κ3) is 3.04. The van der Waals surface area contributed by atoms with Crippen LogP contribution in [-0.4, -0.2) is 5.16 Å². The highest BCUT2D eigenvalue weighted by Crippen LogP contribution is 2.26. The van der Waals surface area contributed by atoms with Crippen LogP contribution in [0.25, 0.3) is 0 Å². The molecule has 90 valence electrons. The topological polar surface area (TPSA) is 61.3 Å². The monoisotopic (exact) mass is 300 g/mol. The van der Waals surface area contributed by atoms with Crippen molar-refractivity contribution >= 4 is 15.9 Å². The van der Waals surface area contributed by atoms with E-state index in [9.17, 15) is 4.39 Å². The lowest BCUT2D eigenvalue weighted by atomic mass is 10.3. The molecule has 0 saturated carbocycles. The number of hydrogen-bond donors (Lipinski definition) is 1. The maximum atomic E-state index is 13.0. The predicted octanol–water partition coefficient (Wildman–Crippen LogP) is 2.61. The fraction of sp³-hybridized carbons (Fsp3) is 0.182. The van der Waals surface area contributed by atoms with Crippen LogP contribution in [0.2, 0.25) is 0 Å². The van der Waals surface area contributed by atoms with Gasteiger partial charge in [0.25, 0.3) is 0 Å². The van der Waals surface area contributed by atoms with Gasteiger partial charge >= 0.3 is 0 Å². The van der Waals surface area contributed by atoms with Crippen LogP contribution < -0.4 is 10.5 Å². The second kappa shape index (κ2) is 5.29. The SMILES string of the molecule is NCc1cc(COc2cc(F)ccc2Br)on1. The van der Waals surface area contributed by atoms with E-state index in [2.05, 4.69) is 21.1 Å². The van der Waals surface area contributed by atoms with Gasteiger partial charge in [-0.25, -0.2) is 4.39 Å². The van der Waals surface area contributed by atoms with Gasteiger partial charge in [-0.1, -0.05) is 5.16 Å². The minimum Gasteiger partial charge on any atom is -0.484 e. The quantitative estimate of drug-likeness (QED) is 0.943. The Morgan fingerprint density at radius 1 is 1.41 bits per heavy atom. The van der Waals surface area contributed by atoms with Crippen LogP contribution in [0.1, 0.15) is 11.5 Å². The molecule has 0 spiro atoms. The zero-order chi connectivity index (χ0) is 12.3. The molecule has 0 aliphatic rings. The van der Waals surface area contributed by atoms with E-state index in [1.807, 2.05) is 0 Å². The summed E-state index contributed by atoms with van der Waals surface area (Å²) < 4.78 is 24.0. The molecular formula is C11H10BrFN2O2. The Hall–Kier alpha value is -1.40. The van der Waals surface area contributed by atoms with Crippen LogP contribution in [0.3, 0.4) is 0 Å². The molecule has 1 aromatic carbocycles. The summed E-state index contributed by atoms with van der Waals surface area (Å²) in [6.45, 7) is 0.488. The fourth-order valence-electron chi connectivity index (χ4n) is 1.26. The molecule has 0 fully saturated rings. The van der Waals surface area contributed by atoms with Crippen LogP contribution in [0.15, 0.2) is 33.3 Å². The van der Waals surface area contributed by atoms with Crippen molar-refractivity contribution in [3.63, 3.8) is 0 Å². The van der Waals surface area contributed by atoms with Gasteiger partial charge in [0.1, 0.15) is 18.2 Å². The minimum atomic E-state index is -0.358. The first-order valence-corrected chi connectivity index (χ1v) is 5.70. The average Bonchev–Trinajstić information content (AvgIpc) is 2.78. The van der Waals surface area contributed by atoms with Gasteiger partial charge in [-0.15, -0.1) is 0 Å². The van der Waals surface area contributed by atoms with E-state index >= 15 is 0 Å². The van der Waals surface area contributed by atoms with Crippen molar-refractivity contribution in [3.05, 3.63) is 46.0 Å². The number of rotatable bonds is 4. The van der Waals surface area contributed by atoms with Gasteiger partial charge in [0.2, 0.25) is 0 Å². The van der Waals surface area contributed by atoms with Crippen LogP contribution in [0.4, 0.5) is 4.39 Å². The van der Waals surface area contributed by atoms with Crippen LogP contribution in [0, 0.1) is 5.82 Å². The minimum absolute atomic E-state index is 0.176. The summed E-state index contributed by atoms with van der Waals surface area (Å²) in [6.07, 6.45) is 0. The molecule has 0 bridgehead atoms. The molecule has 2 aromatic rings. The Bertz CT molecular complexity index is 516. The summed E-state index contributed by atoms with van der Waals surface area (Å²) in [5, 5.41) is 3.72. The number of benzene rings is 1. The third-order valence-corrected chi connectivity index (χ3v) is 2.74. The maximum Gasteiger partial charge on any atom is 0.174 e. The highest BCUT2D eigenvalue weighted by molar-refractivity contribution is 9.10. The van der Waals surface area contributed by atoms with E-state index in [1.165, 1.54) is 12.1 Å². The summed E-state index contributed by atoms with van der Waals surface area (Å²) in [6, 6.07) is 5.92. The van der Waals surface area contributed by atoms with Crippen molar-refractivity contribution in [3.8, 4) is 5.75 Å². The zero-order valence-corrected chi connectivity index (χ0v) is 10.4. The molecule has 0 amide bonds. The third-order valence-electron chi connectivity index (χ3n) is 2.08. The molecule has 2 N–H and O–H groups in total. The maximum absolute atomic E-state index is 13.0. The normalized spacial score (nSPS) is 10.5. The summed E-state index contributed by atoms with van der Waals surface area (Å²) in [5.74, 6) is 0.598. The van der Waals surface area contributed by atoms with Crippen molar-refractivity contribution in [1.82, 2.24) is 5.16 Å². The highest BCUT2D eigenvalue weighted by Gasteiger charge is 2.06. The molecule has 0 unspecified atom stereocenters. The van der Waals surface area contributed by atoms with Crippen LogP contribution in [-0.2, 0) is 13.2 Å². The fourth-order valence-corrected chi connectivity index (χ4v) is 1.62. The van der Waals surface area contributed by atoms with E-state index in [-0.39, 0.29) is 12.4 Å². The first-order valence-electron chi connectivity index (χ1n) is 4.91. The van der Waals surface area contributed by atoms with Gasteiger partial charge in [0.15, 0.2) is 5.76 Å². The molecule has 6 heteroatoms. The number of hydrogen-bond acceptors (Lipinski definition) is 4. The van der Waals surface area contributed by atoms with Crippen molar-refractivity contribution in [1.29, 1.82) is 0 Å². The van der Waals surface area contributed by atoms with Gasteiger partial charge < -0.3 is 15.0 Å². The lowest BCUT2D eigenvalue weighted by Crippen LogP contribution is -1.96. The van der Waals surface area contributed by atoms with E-state index in [0.717, 1.165) is 0 Å². The number of aromatic nitrogens is 1. The van der Waals surface area contributed by atoms with Crippen molar-refractivity contribution < 1.29 is 13.7 Å². The van der Waals surface area contributed by atoms with Crippen LogP contribution >= 0.6 is 15.9 Å². The Morgan fingerprint density at radius 3 is 2.94 bits per heavy atom. The Labute approximate surface area is 106 Å². The standard InChI is InChI=1S/C11H10BrFN2O2/c12-10-2-1-7(13)3-11(10)16-6-9-4-8(5-14)15-17-9/h1-4H,5-6,14H2. The summed E-state index contributed by atoms with van der Waals surface area (Å²) in [5.41, 5.74) is 6.05. The van der Waals surface area contributed by atoms with Crippen molar-refractivity contribution in [2.75, 3.05) is 0 Å². The summed E-state index contributed by atoms with van der Waals surface area (Å²) in [7, 11) is 0. The van der Waals surface area contributed by atoms with Crippen LogP contribution in [0.5, 0.6) is 5.75 Å². The van der Waals surface area contributed by atoms with E-state index in [0.29, 0.717) is 28.2 Å². The number of halogens is 2. The van der Waals surface area contributed by atoms with Gasteiger partial charge in [0.05, 0.1) is 10.2 Å². The summed E-state index contributed by atoms with van der Waals surface area (Å²) >= 11 is 3.26. The highest BCUT2D eigenvalue weighted by atomic mass is 79.9. The van der Waals surface area contributed by atoms with Gasteiger partial charge in [-0.05, 0) is 28.1 Å². The number of nitrogens with zero attached hydrogens (tertiary/aromatic N) is 1. The van der Waals surface area contributed by atoms with Gasteiger partial charge in [0, 0.05) is 18.7 Å². The molecule has 0 saturated heterocycles. The second-order valence-electron chi connectivity index (χ2n) is 3.35. The molecule has 1 heterocycles. The zero-order valence-electron chi connectivity index (χ0n) is 8.82.